The van der Waals surface area contributed by atoms with Crippen LogP contribution in [0.25, 0.3) is 0 Å². The molecule has 0 aliphatic heterocycles. The molecular formula is C9H9ClF2O2. The van der Waals surface area contributed by atoms with Gasteiger partial charge in [0.1, 0.15) is 5.75 Å². The van der Waals surface area contributed by atoms with Gasteiger partial charge in [-0.3, -0.25) is 0 Å². The van der Waals surface area contributed by atoms with Crippen LogP contribution in [0.4, 0.5) is 8.78 Å². The van der Waals surface area contributed by atoms with Crippen molar-refractivity contribution < 1.29 is 19.0 Å². The Kier molecular flexibility index (Phi) is 3.29. The van der Waals surface area contributed by atoms with Gasteiger partial charge in [0, 0.05) is 18.6 Å². The molecule has 0 bridgehead atoms. The van der Waals surface area contributed by atoms with E-state index >= 15 is 0 Å². The number of alkyl halides is 2. The van der Waals surface area contributed by atoms with Crippen molar-refractivity contribution in [3.63, 3.8) is 0 Å². The van der Waals surface area contributed by atoms with Crippen LogP contribution in [-0.2, 0) is 5.92 Å². The summed E-state index contributed by atoms with van der Waals surface area (Å²) in [5, 5.41) is 17.3. The van der Waals surface area contributed by atoms with E-state index in [2.05, 4.69) is 0 Å². The van der Waals surface area contributed by atoms with Gasteiger partial charge in [-0.15, -0.1) is 0 Å². The van der Waals surface area contributed by atoms with Gasteiger partial charge in [0.25, 0.3) is 5.92 Å². The van der Waals surface area contributed by atoms with Crippen molar-refractivity contribution in [2.24, 2.45) is 0 Å². The van der Waals surface area contributed by atoms with Gasteiger partial charge in [0.05, 0.1) is 5.02 Å². The van der Waals surface area contributed by atoms with Crippen LogP contribution in [0.5, 0.6) is 5.75 Å². The molecule has 14 heavy (non-hydrogen) atoms. The molecule has 1 rings (SSSR count). The second-order valence-electron chi connectivity index (χ2n) is 2.84. The molecule has 0 spiro atoms. The summed E-state index contributed by atoms with van der Waals surface area (Å²) in [6, 6.07) is 3.17. The SMILES string of the molecule is OCCC(F)(F)c1ccc(O)c(Cl)c1. The Morgan fingerprint density at radius 3 is 2.50 bits per heavy atom. The fourth-order valence-corrected chi connectivity index (χ4v) is 1.20. The van der Waals surface area contributed by atoms with Crippen molar-refractivity contribution >= 4 is 11.6 Å². The molecule has 0 saturated carbocycles. The van der Waals surface area contributed by atoms with Gasteiger partial charge in [-0.25, -0.2) is 8.78 Å². The zero-order valence-electron chi connectivity index (χ0n) is 7.17. The number of halogens is 3. The molecule has 1 aromatic rings. The normalized spacial score (nSPS) is 11.7. The highest BCUT2D eigenvalue weighted by atomic mass is 35.5. The monoisotopic (exact) mass is 222 g/mol. The van der Waals surface area contributed by atoms with Gasteiger partial charge in [-0.1, -0.05) is 11.6 Å². The van der Waals surface area contributed by atoms with Crippen molar-refractivity contribution in [2.75, 3.05) is 6.61 Å². The van der Waals surface area contributed by atoms with Gasteiger partial charge in [0.15, 0.2) is 0 Å². The van der Waals surface area contributed by atoms with Gasteiger partial charge >= 0.3 is 0 Å². The quantitative estimate of drug-likeness (QED) is 0.825. The molecule has 0 heterocycles. The van der Waals surface area contributed by atoms with Crippen LogP contribution < -0.4 is 0 Å². The van der Waals surface area contributed by atoms with Crippen LogP contribution >= 0.6 is 11.6 Å². The van der Waals surface area contributed by atoms with E-state index in [4.69, 9.17) is 21.8 Å². The average molecular weight is 223 g/mol. The summed E-state index contributed by atoms with van der Waals surface area (Å²) in [5.41, 5.74) is -0.311. The standard InChI is InChI=1S/C9H9ClF2O2/c10-7-5-6(1-2-8(7)14)9(11,12)3-4-13/h1-2,5,13-14H,3-4H2. The molecule has 1 aromatic carbocycles. The molecule has 0 saturated heterocycles. The number of aromatic hydroxyl groups is 1. The Morgan fingerprint density at radius 2 is 2.00 bits per heavy atom. The van der Waals surface area contributed by atoms with E-state index in [1.807, 2.05) is 0 Å². The number of hydrogen-bond donors (Lipinski definition) is 2. The van der Waals surface area contributed by atoms with E-state index < -0.39 is 19.0 Å². The summed E-state index contributed by atoms with van der Waals surface area (Å²) in [4.78, 5) is 0. The van der Waals surface area contributed by atoms with Crippen molar-refractivity contribution in [1.82, 2.24) is 0 Å². The lowest BCUT2D eigenvalue weighted by molar-refractivity contribution is -0.0269. The number of aliphatic hydroxyl groups excluding tert-OH is 1. The minimum atomic E-state index is -3.12. The van der Waals surface area contributed by atoms with Crippen LogP contribution in [-0.4, -0.2) is 16.8 Å². The summed E-state index contributed by atoms with van der Waals surface area (Å²) >= 11 is 5.47. The highest BCUT2D eigenvalue weighted by Crippen LogP contribution is 2.35. The molecule has 0 atom stereocenters. The summed E-state index contributed by atoms with van der Waals surface area (Å²) in [6.45, 7) is -0.606. The first-order valence-electron chi connectivity index (χ1n) is 3.95. The van der Waals surface area contributed by atoms with Crippen molar-refractivity contribution in [2.45, 2.75) is 12.3 Å². The molecule has 0 amide bonds. The number of rotatable bonds is 3. The summed E-state index contributed by atoms with van der Waals surface area (Å²) < 4.78 is 26.3. The number of hydrogen-bond acceptors (Lipinski definition) is 2. The molecule has 5 heteroatoms. The van der Waals surface area contributed by atoms with E-state index in [-0.39, 0.29) is 16.3 Å². The maximum atomic E-state index is 13.2. The number of aliphatic hydroxyl groups is 1. The Bertz CT molecular complexity index is 329. The van der Waals surface area contributed by atoms with E-state index in [9.17, 15) is 8.78 Å². The van der Waals surface area contributed by atoms with Crippen molar-refractivity contribution in [3.8, 4) is 5.75 Å². The molecule has 0 aliphatic rings. The molecular weight excluding hydrogens is 214 g/mol. The summed E-state index contributed by atoms with van der Waals surface area (Å²) in [7, 11) is 0. The van der Waals surface area contributed by atoms with E-state index in [0.717, 1.165) is 18.2 Å². The Labute approximate surface area is 84.7 Å². The molecule has 0 aliphatic carbocycles. The predicted molar refractivity (Wildman–Crippen MR) is 48.7 cm³/mol. The van der Waals surface area contributed by atoms with Gasteiger partial charge in [0.2, 0.25) is 0 Å². The topological polar surface area (TPSA) is 40.5 Å². The number of benzene rings is 1. The lowest BCUT2D eigenvalue weighted by atomic mass is 10.1. The van der Waals surface area contributed by atoms with E-state index in [0.29, 0.717) is 0 Å². The third kappa shape index (κ3) is 2.33. The molecule has 78 valence electrons. The molecule has 0 unspecified atom stereocenters. The second-order valence-corrected chi connectivity index (χ2v) is 3.25. The van der Waals surface area contributed by atoms with Crippen LogP contribution in [0.2, 0.25) is 5.02 Å². The lowest BCUT2D eigenvalue weighted by Gasteiger charge is -2.15. The largest absolute Gasteiger partial charge is 0.506 e. The smallest absolute Gasteiger partial charge is 0.275 e. The molecule has 0 radical (unpaired) electrons. The summed E-state index contributed by atoms with van der Waals surface area (Å²) in [5.74, 6) is -3.36. The van der Waals surface area contributed by atoms with Crippen LogP contribution in [0.15, 0.2) is 18.2 Å². The highest BCUT2D eigenvalue weighted by Gasteiger charge is 2.31. The Balaban J connectivity index is 3.01. The van der Waals surface area contributed by atoms with Crippen LogP contribution in [0.1, 0.15) is 12.0 Å². The maximum absolute atomic E-state index is 13.2. The Morgan fingerprint density at radius 1 is 1.36 bits per heavy atom. The van der Waals surface area contributed by atoms with Gasteiger partial charge in [-0.05, 0) is 18.2 Å². The predicted octanol–water partition coefficient (Wildman–Crippen LogP) is 2.52. The van der Waals surface area contributed by atoms with Gasteiger partial charge < -0.3 is 10.2 Å². The second kappa shape index (κ2) is 4.11. The third-order valence-electron chi connectivity index (χ3n) is 1.80. The fraction of sp³-hybridized carbons (Fsp3) is 0.333. The minimum absolute atomic E-state index is 0.125. The first kappa shape index (κ1) is 11.2. The zero-order valence-corrected chi connectivity index (χ0v) is 7.93. The molecule has 2 nitrogen and oxygen atoms in total. The summed E-state index contributed by atoms with van der Waals surface area (Å²) in [6.07, 6.45) is -0.659. The first-order valence-corrected chi connectivity index (χ1v) is 4.33. The molecule has 2 N–H and O–H groups in total. The lowest BCUT2D eigenvalue weighted by Crippen LogP contribution is -2.15. The minimum Gasteiger partial charge on any atom is -0.506 e. The highest BCUT2D eigenvalue weighted by molar-refractivity contribution is 6.32. The van der Waals surface area contributed by atoms with Gasteiger partial charge in [-0.2, -0.15) is 0 Å². The van der Waals surface area contributed by atoms with E-state index in [1.165, 1.54) is 0 Å². The zero-order chi connectivity index (χ0) is 10.8. The number of phenols is 1. The Hall–Kier alpha value is -0.870. The third-order valence-corrected chi connectivity index (χ3v) is 2.10. The fourth-order valence-electron chi connectivity index (χ4n) is 1.02. The maximum Gasteiger partial charge on any atom is 0.275 e. The van der Waals surface area contributed by atoms with Crippen molar-refractivity contribution in [1.29, 1.82) is 0 Å². The number of phenolic OH excluding ortho intramolecular Hbond substituents is 1. The van der Waals surface area contributed by atoms with Crippen molar-refractivity contribution in [3.05, 3.63) is 28.8 Å². The molecule has 0 fully saturated rings. The average Bonchev–Trinajstić information content (AvgIpc) is 2.09. The first-order chi connectivity index (χ1) is 6.47. The van der Waals surface area contributed by atoms with E-state index in [1.54, 1.807) is 0 Å². The van der Waals surface area contributed by atoms with Crippen LogP contribution in [0, 0.1) is 0 Å². The molecule has 0 aromatic heterocycles. The van der Waals surface area contributed by atoms with Crippen LogP contribution in [0.3, 0.4) is 0 Å².